The third kappa shape index (κ3) is 5.17. The molecule has 0 fully saturated rings. The average molecular weight is 365 g/mol. The summed E-state index contributed by atoms with van der Waals surface area (Å²) in [7, 11) is 0. The van der Waals surface area contributed by atoms with Crippen molar-refractivity contribution in [1.29, 1.82) is 0 Å². The van der Waals surface area contributed by atoms with Crippen LogP contribution < -0.4 is 10.6 Å². The van der Waals surface area contributed by atoms with Crippen molar-refractivity contribution < 1.29 is 4.39 Å². The van der Waals surface area contributed by atoms with E-state index in [2.05, 4.69) is 25.6 Å². The first-order valence-electron chi connectivity index (χ1n) is 9.02. The second kappa shape index (κ2) is 8.98. The Labute approximate surface area is 158 Å². The molecule has 27 heavy (non-hydrogen) atoms. The summed E-state index contributed by atoms with van der Waals surface area (Å²) < 4.78 is 13.4. The minimum atomic E-state index is -0.195. The van der Waals surface area contributed by atoms with Crippen molar-refractivity contribution >= 4 is 5.96 Å². The second-order valence-corrected chi connectivity index (χ2v) is 6.24. The maximum Gasteiger partial charge on any atom is 0.191 e. The summed E-state index contributed by atoms with van der Waals surface area (Å²) in [5.41, 5.74) is 3.68. The van der Waals surface area contributed by atoms with Gasteiger partial charge in [-0.15, -0.1) is 0 Å². The van der Waals surface area contributed by atoms with Gasteiger partial charge in [0.05, 0.1) is 25.0 Å². The maximum atomic E-state index is 13.4. The fraction of sp³-hybridized carbons (Fsp3) is 0.238. The quantitative estimate of drug-likeness (QED) is 0.460. The first-order chi connectivity index (χ1) is 13.2. The molecule has 1 aromatic heterocycles. The number of nitrogens with one attached hydrogen (secondary N) is 3. The van der Waals surface area contributed by atoms with Gasteiger partial charge in [-0.05, 0) is 36.6 Å². The maximum absolute atomic E-state index is 13.4. The molecule has 0 aliphatic rings. The van der Waals surface area contributed by atoms with Crippen molar-refractivity contribution in [1.82, 2.24) is 20.6 Å². The number of H-pyrrole nitrogens is 1. The normalized spacial score (nSPS) is 11.4. The Morgan fingerprint density at radius 1 is 1.15 bits per heavy atom. The summed E-state index contributed by atoms with van der Waals surface area (Å²) in [6.07, 6.45) is 1.83. The van der Waals surface area contributed by atoms with Crippen molar-refractivity contribution in [3.63, 3.8) is 0 Å². The number of rotatable bonds is 6. The second-order valence-electron chi connectivity index (χ2n) is 6.24. The molecular weight excluding hydrogens is 341 g/mol. The van der Waals surface area contributed by atoms with Crippen LogP contribution >= 0.6 is 0 Å². The van der Waals surface area contributed by atoms with Gasteiger partial charge in [0.15, 0.2) is 5.96 Å². The van der Waals surface area contributed by atoms with Crippen molar-refractivity contribution in [3.8, 4) is 11.3 Å². The molecule has 0 aliphatic carbocycles. The van der Waals surface area contributed by atoms with Gasteiger partial charge in [0.25, 0.3) is 0 Å². The first-order valence-corrected chi connectivity index (χ1v) is 9.02. The van der Waals surface area contributed by atoms with E-state index in [0.29, 0.717) is 24.6 Å². The molecule has 140 valence electrons. The van der Waals surface area contributed by atoms with E-state index in [1.165, 1.54) is 6.07 Å². The molecule has 3 aromatic rings. The van der Waals surface area contributed by atoms with E-state index in [-0.39, 0.29) is 5.82 Å². The molecule has 0 atom stereocenters. The van der Waals surface area contributed by atoms with E-state index in [1.807, 2.05) is 49.5 Å². The Morgan fingerprint density at radius 2 is 1.96 bits per heavy atom. The SMILES string of the molecule is CCNC(=NCc1ccc(F)c(C)c1)NCc1ncc(-c2ccccc2)[nH]1. The molecule has 0 amide bonds. The Bertz CT molecular complexity index is 902. The van der Waals surface area contributed by atoms with Gasteiger partial charge in [-0.2, -0.15) is 0 Å². The number of hydrogen-bond donors (Lipinski definition) is 3. The molecule has 0 spiro atoms. The van der Waals surface area contributed by atoms with Crippen molar-refractivity contribution in [2.45, 2.75) is 26.9 Å². The van der Waals surface area contributed by atoms with Gasteiger partial charge in [0.2, 0.25) is 0 Å². The zero-order valence-electron chi connectivity index (χ0n) is 15.6. The monoisotopic (exact) mass is 365 g/mol. The third-order valence-corrected chi connectivity index (χ3v) is 4.12. The number of halogens is 1. The molecular formula is C21H24FN5. The van der Waals surface area contributed by atoms with Crippen LogP contribution in [0, 0.1) is 12.7 Å². The highest BCUT2D eigenvalue weighted by atomic mass is 19.1. The van der Waals surface area contributed by atoms with Gasteiger partial charge in [-0.3, -0.25) is 0 Å². The van der Waals surface area contributed by atoms with E-state index in [1.54, 1.807) is 13.0 Å². The van der Waals surface area contributed by atoms with Gasteiger partial charge in [-0.1, -0.05) is 42.5 Å². The molecule has 0 aliphatic heterocycles. The molecule has 2 aromatic carbocycles. The van der Waals surface area contributed by atoms with Crippen LogP contribution in [0.15, 0.2) is 59.7 Å². The number of nitrogens with zero attached hydrogens (tertiary/aromatic N) is 2. The van der Waals surface area contributed by atoms with Crippen molar-refractivity contribution in [3.05, 3.63) is 77.5 Å². The molecule has 3 N–H and O–H groups in total. The molecule has 0 saturated carbocycles. The Hall–Kier alpha value is -3.15. The van der Waals surface area contributed by atoms with Crippen molar-refractivity contribution in [2.24, 2.45) is 4.99 Å². The third-order valence-electron chi connectivity index (χ3n) is 4.12. The van der Waals surface area contributed by atoms with Crippen LogP contribution in [-0.4, -0.2) is 22.5 Å². The average Bonchev–Trinajstić information content (AvgIpc) is 3.16. The minimum absolute atomic E-state index is 0.195. The lowest BCUT2D eigenvalue weighted by atomic mass is 10.1. The topological polar surface area (TPSA) is 65.1 Å². The van der Waals surface area contributed by atoms with Crippen LogP contribution in [0.25, 0.3) is 11.3 Å². The number of aromatic amines is 1. The number of aryl methyl sites for hydroxylation is 1. The zero-order chi connectivity index (χ0) is 19.1. The summed E-state index contributed by atoms with van der Waals surface area (Å²) in [5, 5.41) is 6.48. The van der Waals surface area contributed by atoms with Gasteiger partial charge < -0.3 is 15.6 Å². The van der Waals surface area contributed by atoms with Crippen LogP contribution in [0.5, 0.6) is 0 Å². The lowest BCUT2D eigenvalue weighted by Crippen LogP contribution is -2.37. The molecule has 0 saturated heterocycles. The lowest BCUT2D eigenvalue weighted by Gasteiger charge is -2.10. The standard InChI is InChI=1S/C21H24FN5/c1-3-23-21(25-12-16-9-10-18(22)15(2)11-16)26-14-20-24-13-19(27-20)17-7-5-4-6-8-17/h4-11,13H,3,12,14H2,1-2H3,(H,24,27)(H2,23,25,26). The zero-order valence-corrected chi connectivity index (χ0v) is 15.6. The van der Waals surface area contributed by atoms with Crippen LogP contribution in [0.3, 0.4) is 0 Å². The lowest BCUT2D eigenvalue weighted by molar-refractivity contribution is 0.617. The summed E-state index contributed by atoms with van der Waals surface area (Å²) in [4.78, 5) is 12.3. The smallest absolute Gasteiger partial charge is 0.191 e. The van der Waals surface area contributed by atoms with Crippen LogP contribution in [-0.2, 0) is 13.1 Å². The summed E-state index contributed by atoms with van der Waals surface area (Å²) in [6, 6.07) is 15.1. The van der Waals surface area contributed by atoms with Crippen LogP contribution in [0.1, 0.15) is 23.9 Å². The number of benzene rings is 2. The van der Waals surface area contributed by atoms with Crippen molar-refractivity contribution in [2.75, 3.05) is 6.54 Å². The number of guanidine groups is 1. The predicted octanol–water partition coefficient (Wildman–Crippen LogP) is 3.78. The highest BCUT2D eigenvalue weighted by Gasteiger charge is 2.05. The summed E-state index contributed by atoms with van der Waals surface area (Å²) in [6.45, 7) is 5.53. The highest BCUT2D eigenvalue weighted by Crippen LogP contribution is 2.16. The van der Waals surface area contributed by atoms with Gasteiger partial charge in [-0.25, -0.2) is 14.4 Å². The first kappa shape index (κ1) is 18.6. The summed E-state index contributed by atoms with van der Waals surface area (Å²) in [5.74, 6) is 1.33. The molecule has 1 heterocycles. The number of aromatic nitrogens is 2. The van der Waals surface area contributed by atoms with E-state index < -0.39 is 0 Å². The van der Waals surface area contributed by atoms with E-state index in [0.717, 1.165) is 29.2 Å². The molecule has 5 nitrogen and oxygen atoms in total. The van der Waals surface area contributed by atoms with Gasteiger partial charge in [0.1, 0.15) is 11.6 Å². The van der Waals surface area contributed by atoms with Gasteiger partial charge in [0, 0.05) is 6.54 Å². The van der Waals surface area contributed by atoms with Crippen LogP contribution in [0.2, 0.25) is 0 Å². The fourth-order valence-corrected chi connectivity index (χ4v) is 2.70. The largest absolute Gasteiger partial charge is 0.357 e. The molecule has 0 bridgehead atoms. The highest BCUT2D eigenvalue weighted by molar-refractivity contribution is 5.79. The van der Waals surface area contributed by atoms with E-state index >= 15 is 0 Å². The van der Waals surface area contributed by atoms with E-state index in [9.17, 15) is 4.39 Å². The number of aliphatic imine (C=N–C) groups is 1. The molecule has 0 unspecified atom stereocenters. The molecule has 6 heteroatoms. The Kier molecular flexibility index (Phi) is 6.20. The van der Waals surface area contributed by atoms with Gasteiger partial charge >= 0.3 is 0 Å². The molecule has 3 rings (SSSR count). The number of hydrogen-bond acceptors (Lipinski definition) is 2. The molecule has 0 radical (unpaired) electrons. The van der Waals surface area contributed by atoms with Crippen LogP contribution in [0.4, 0.5) is 4.39 Å². The van der Waals surface area contributed by atoms with E-state index in [4.69, 9.17) is 0 Å². The predicted molar refractivity (Wildman–Crippen MR) is 107 cm³/mol. The minimum Gasteiger partial charge on any atom is -0.357 e. The number of imidazole rings is 1. The Morgan fingerprint density at radius 3 is 2.70 bits per heavy atom. The summed E-state index contributed by atoms with van der Waals surface area (Å²) >= 11 is 0. The Balaban J connectivity index is 1.62. The fourth-order valence-electron chi connectivity index (χ4n) is 2.70.